The largest absolute Gasteiger partial charge is 0.497 e. The number of benzene rings is 1. The molecule has 0 aliphatic carbocycles. The van der Waals surface area contributed by atoms with E-state index in [1.54, 1.807) is 7.11 Å². The number of rotatable bonds is 10. The van der Waals surface area contributed by atoms with Gasteiger partial charge in [-0.15, -0.1) is 34.2 Å². The van der Waals surface area contributed by atoms with Gasteiger partial charge >= 0.3 is 0 Å². The summed E-state index contributed by atoms with van der Waals surface area (Å²) in [5, 5.41) is 15.0. The lowest BCUT2D eigenvalue weighted by Gasteiger charge is -2.13. The number of nitrogens with zero attached hydrogens (tertiary/aromatic N) is 4. The summed E-state index contributed by atoms with van der Waals surface area (Å²) in [6.07, 6.45) is 0.913. The molecule has 0 spiro atoms. The molecule has 9 heteroatoms. The average Bonchev–Trinajstić information content (AvgIpc) is 3.00. The Morgan fingerprint density at radius 3 is 2.62 bits per heavy atom. The van der Waals surface area contributed by atoms with Crippen LogP contribution in [-0.4, -0.2) is 47.6 Å². The van der Waals surface area contributed by atoms with Crippen molar-refractivity contribution >= 4 is 29.9 Å². The van der Waals surface area contributed by atoms with E-state index in [1.807, 2.05) is 37.6 Å². The minimum atomic E-state index is 0. The van der Waals surface area contributed by atoms with Crippen LogP contribution in [0.25, 0.3) is 0 Å². The second-order valence-electron chi connectivity index (χ2n) is 6.58. The Hall–Kier alpha value is -1.88. The van der Waals surface area contributed by atoms with Crippen LogP contribution in [-0.2, 0) is 24.9 Å². The van der Waals surface area contributed by atoms with E-state index in [0.717, 1.165) is 60.7 Å². The first-order valence-corrected chi connectivity index (χ1v) is 9.62. The molecule has 0 atom stereocenters. The van der Waals surface area contributed by atoms with Gasteiger partial charge in [-0.3, -0.25) is 0 Å². The molecule has 0 saturated carbocycles. The van der Waals surface area contributed by atoms with Gasteiger partial charge in [0.1, 0.15) is 11.6 Å². The second-order valence-corrected chi connectivity index (χ2v) is 6.58. The van der Waals surface area contributed by atoms with E-state index in [1.165, 1.54) is 0 Å². The van der Waals surface area contributed by atoms with E-state index in [4.69, 9.17) is 14.5 Å². The fourth-order valence-corrected chi connectivity index (χ4v) is 2.67. The van der Waals surface area contributed by atoms with Crippen LogP contribution in [0.3, 0.4) is 0 Å². The highest BCUT2D eigenvalue weighted by Gasteiger charge is 2.07. The van der Waals surface area contributed by atoms with Gasteiger partial charge in [0.15, 0.2) is 11.8 Å². The quantitative estimate of drug-likeness (QED) is 0.219. The van der Waals surface area contributed by atoms with E-state index in [2.05, 4.69) is 33.8 Å². The zero-order valence-corrected chi connectivity index (χ0v) is 20.3. The monoisotopic (exact) mass is 516 g/mol. The molecule has 162 valence electrons. The summed E-state index contributed by atoms with van der Waals surface area (Å²) in [6.45, 7) is 9.33. The molecule has 0 aliphatic heterocycles. The van der Waals surface area contributed by atoms with E-state index >= 15 is 0 Å². The molecular weight excluding hydrogens is 483 g/mol. The summed E-state index contributed by atoms with van der Waals surface area (Å²) in [5.41, 5.74) is 2.25. The molecule has 0 aliphatic rings. The van der Waals surface area contributed by atoms with Gasteiger partial charge in [-0.25, -0.2) is 4.99 Å². The molecule has 0 saturated heterocycles. The SMILES string of the molecule is CCOCCCNC(=NCc1cc(C)cc(OC)c1)NCc1nnc(C)n1C.I. The van der Waals surface area contributed by atoms with Gasteiger partial charge in [-0.05, 0) is 50.5 Å². The Kier molecular flexibility index (Phi) is 11.6. The van der Waals surface area contributed by atoms with Crippen molar-refractivity contribution < 1.29 is 9.47 Å². The Balaban J connectivity index is 0.00000420. The molecule has 0 amide bonds. The van der Waals surface area contributed by atoms with Gasteiger partial charge in [0, 0.05) is 26.8 Å². The highest BCUT2D eigenvalue weighted by molar-refractivity contribution is 14.0. The molecule has 2 aromatic rings. The minimum Gasteiger partial charge on any atom is -0.497 e. The molecule has 1 aromatic heterocycles. The predicted molar refractivity (Wildman–Crippen MR) is 126 cm³/mol. The van der Waals surface area contributed by atoms with Crippen molar-refractivity contribution in [3.8, 4) is 5.75 Å². The molecular formula is C20H33IN6O2. The maximum atomic E-state index is 5.40. The first kappa shape index (κ1) is 25.2. The number of ether oxygens (including phenoxy) is 2. The number of halogens is 1. The third kappa shape index (κ3) is 8.57. The molecule has 0 fully saturated rings. The van der Waals surface area contributed by atoms with Gasteiger partial charge in [0.25, 0.3) is 0 Å². The molecule has 29 heavy (non-hydrogen) atoms. The van der Waals surface area contributed by atoms with Crippen LogP contribution in [0.5, 0.6) is 5.75 Å². The van der Waals surface area contributed by atoms with Crippen LogP contribution in [0.15, 0.2) is 23.2 Å². The zero-order chi connectivity index (χ0) is 20.4. The highest BCUT2D eigenvalue weighted by Crippen LogP contribution is 2.17. The Morgan fingerprint density at radius 1 is 1.17 bits per heavy atom. The number of methoxy groups -OCH3 is 1. The molecule has 1 heterocycles. The number of guanidine groups is 1. The molecule has 0 radical (unpaired) electrons. The maximum absolute atomic E-state index is 5.40. The molecule has 1 aromatic carbocycles. The zero-order valence-electron chi connectivity index (χ0n) is 18.0. The Bertz CT molecular complexity index is 778. The summed E-state index contributed by atoms with van der Waals surface area (Å²) in [7, 11) is 3.63. The third-order valence-corrected chi connectivity index (χ3v) is 4.32. The van der Waals surface area contributed by atoms with Crippen molar-refractivity contribution in [2.24, 2.45) is 12.0 Å². The Morgan fingerprint density at radius 2 is 1.97 bits per heavy atom. The van der Waals surface area contributed by atoms with Crippen LogP contribution >= 0.6 is 24.0 Å². The fraction of sp³-hybridized carbons (Fsp3) is 0.550. The highest BCUT2D eigenvalue weighted by atomic mass is 127. The topological polar surface area (TPSA) is 85.6 Å². The summed E-state index contributed by atoms with van der Waals surface area (Å²) in [4.78, 5) is 4.72. The molecule has 2 rings (SSSR count). The maximum Gasteiger partial charge on any atom is 0.191 e. The summed E-state index contributed by atoms with van der Waals surface area (Å²) < 4.78 is 12.7. The van der Waals surface area contributed by atoms with Crippen molar-refractivity contribution in [1.29, 1.82) is 0 Å². The van der Waals surface area contributed by atoms with Gasteiger partial charge in [-0.1, -0.05) is 6.07 Å². The van der Waals surface area contributed by atoms with Crippen molar-refractivity contribution in [1.82, 2.24) is 25.4 Å². The van der Waals surface area contributed by atoms with Gasteiger partial charge in [0.05, 0.1) is 20.2 Å². The van der Waals surface area contributed by atoms with Crippen molar-refractivity contribution in [3.05, 3.63) is 41.0 Å². The first-order chi connectivity index (χ1) is 13.5. The standard InChI is InChI=1S/C20H32N6O2.HI/c1-6-28-9-7-8-21-20(23-14-19-25-24-16(3)26(19)4)22-13-17-10-15(2)11-18(12-17)27-5;/h10-12H,6-9,13-14H2,1-5H3,(H2,21,22,23);1H. The van der Waals surface area contributed by atoms with Gasteiger partial charge < -0.3 is 24.7 Å². The molecule has 0 bridgehead atoms. The normalized spacial score (nSPS) is 11.1. The summed E-state index contributed by atoms with van der Waals surface area (Å²) >= 11 is 0. The Labute approximate surface area is 190 Å². The van der Waals surface area contributed by atoms with E-state index in [9.17, 15) is 0 Å². The van der Waals surface area contributed by atoms with Crippen molar-refractivity contribution in [2.45, 2.75) is 40.3 Å². The number of nitrogens with one attached hydrogen (secondary N) is 2. The minimum absolute atomic E-state index is 0. The van der Waals surface area contributed by atoms with Crippen LogP contribution in [0.1, 0.15) is 36.1 Å². The second kappa shape index (κ2) is 13.4. The van der Waals surface area contributed by atoms with E-state index in [0.29, 0.717) is 13.1 Å². The fourth-order valence-electron chi connectivity index (χ4n) is 2.67. The van der Waals surface area contributed by atoms with Crippen LogP contribution in [0.4, 0.5) is 0 Å². The lowest BCUT2D eigenvalue weighted by atomic mass is 10.1. The van der Waals surface area contributed by atoms with Gasteiger partial charge in [0.2, 0.25) is 0 Å². The predicted octanol–water partition coefficient (Wildman–Crippen LogP) is 2.72. The molecule has 2 N–H and O–H groups in total. The van der Waals surface area contributed by atoms with Crippen molar-refractivity contribution in [2.75, 3.05) is 26.9 Å². The van der Waals surface area contributed by atoms with Crippen LogP contribution in [0, 0.1) is 13.8 Å². The third-order valence-electron chi connectivity index (χ3n) is 4.32. The lowest BCUT2D eigenvalue weighted by molar-refractivity contribution is 0.145. The van der Waals surface area contributed by atoms with Crippen LogP contribution in [0.2, 0.25) is 0 Å². The summed E-state index contributed by atoms with van der Waals surface area (Å²) in [5.74, 6) is 3.32. The first-order valence-electron chi connectivity index (χ1n) is 9.62. The smallest absolute Gasteiger partial charge is 0.191 e. The number of aliphatic imine (C=N–C) groups is 1. The van der Waals surface area contributed by atoms with E-state index in [-0.39, 0.29) is 24.0 Å². The van der Waals surface area contributed by atoms with Crippen LogP contribution < -0.4 is 15.4 Å². The number of hydrogen-bond donors (Lipinski definition) is 2. The lowest BCUT2D eigenvalue weighted by Crippen LogP contribution is -2.38. The number of aryl methyl sites for hydroxylation is 2. The van der Waals surface area contributed by atoms with E-state index < -0.39 is 0 Å². The van der Waals surface area contributed by atoms with Gasteiger partial charge in [-0.2, -0.15) is 0 Å². The number of aromatic nitrogens is 3. The summed E-state index contributed by atoms with van der Waals surface area (Å²) in [6, 6.07) is 6.13. The average molecular weight is 516 g/mol. The molecule has 0 unspecified atom stereocenters. The molecule has 8 nitrogen and oxygen atoms in total. The van der Waals surface area contributed by atoms with Crippen molar-refractivity contribution in [3.63, 3.8) is 0 Å². The number of hydrogen-bond acceptors (Lipinski definition) is 5.